The molecular formula is C15H32N2O2. The normalized spacial score (nSPS) is 19.3. The molecule has 114 valence electrons. The van der Waals surface area contributed by atoms with E-state index in [4.69, 9.17) is 9.47 Å². The summed E-state index contributed by atoms with van der Waals surface area (Å²) in [5.74, 6) is 0. The third-order valence-corrected chi connectivity index (χ3v) is 4.15. The maximum absolute atomic E-state index is 5.56. The Kier molecular flexibility index (Phi) is 7.91. The van der Waals surface area contributed by atoms with Gasteiger partial charge in [0, 0.05) is 46.0 Å². The molecule has 1 aliphatic rings. The topological polar surface area (TPSA) is 33.7 Å². The van der Waals surface area contributed by atoms with Gasteiger partial charge in [-0.1, -0.05) is 6.92 Å². The third-order valence-electron chi connectivity index (χ3n) is 4.15. The van der Waals surface area contributed by atoms with Gasteiger partial charge >= 0.3 is 0 Å². The molecule has 19 heavy (non-hydrogen) atoms. The van der Waals surface area contributed by atoms with E-state index in [0.717, 1.165) is 58.8 Å². The van der Waals surface area contributed by atoms with Crippen LogP contribution in [0.3, 0.4) is 0 Å². The Morgan fingerprint density at radius 2 is 2.00 bits per heavy atom. The van der Waals surface area contributed by atoms with Crippen molar-refractivity contribution in [2.45, 2.75) is 39.7 Å². The first kappa shape index (κ1) is 16.9. The summed E-state index contributed by atoms with van der Waals surface area (Å²) in [5, 5.41) is 3.55. The lowest BCUT2D eigenvalue weighted by molar-refractivity contribution is -0.0132. The van der Waals surface area contributed by atoms with Crippen molar-refractivity contribution >= 4 is 0 Å². The minimum absolute atomic E-state index is 0.367. The third kappa shape index (κ3) is 5.78. The molecule has 0 aromatic carbocycles. The summed E-state index contributed by atoms with van der Waals surface area (Å²) in [4.78, 5) is 2.55. The van der Waals surface area contributed by atoms with E-state index in [2.05, 4.69) is 31.0 Å². The molecule has 0 aliphatic carbocycles. The molecule has 0 unspecified atom stereocenters. The van der Waals surface area contributed by atoms with Crippen LogP contribution in [0.15, 0.2) is 0 Å². The van der Waals surface area contributed by atoms with Crippen LogP contribution in [0.4, 0.5) is 0 Å². The van der Waals surface area contributed by atoms with E-state index in [0.29, 0.717) is 11.5 Å². The Labute approximate surface area is 118 Å². The fourth-order valence-electron chi connectivity index (χ4n) is 2.74. The molecule has 0 atom stereocenters. The van der Waals surface area contributed by atoms with Gasteiger partial charge in [0.2, 0.25) is 0 Å². The van der Waals surface area contributed by atoms with Crippen molar-refractivity contribution in [3.05, 3.63) is 0 Å². The standard InChI is InChI=1S/C15H32N2O2/c1-5-16-12-15(6-9-19-10-7-15)13-17(14(2)3)8-11-18-4/h14,16H,5-13H2,1-4H3. The van der Waals surface area contributed by atoms with Crippen LogP contribution in [0.1, 0.15) is 33.6 Å². The summed E-state index contributed by atoms with van der Waals surface area (Å²) in [6, 6.07) is 0.566. The molecule has 0 amide bonds. The summed E-state index contributed by atoms with van der Waals surface area (Å²) in [6.07, 6.45) is 2.33. The second-order valence-electron chi connectivity index (χ2n) is 5.95. The summed E-state index contributed by atoms with van der Waals surface area (Å²) in [6.45, 7) is 13.7. The number of nitrogens with one attached hydrogen (secondary N) is 1. The molecule has 0 spiro atoms. The number of ether oxygens (including phenoxy) is 2. The van der Waals surface area contributed by atoms with Gasteiger partial charge in [-0.2, -0.15) is 0 Å². The molecule has 1 saturated heterocycles. The average Bonchev–Trinajstić information content (AvgIpc) is 2.42. The van der Waals surface area contributed by atoms with E-state index in [1.54, 1.807) is 7.11 Å². The van der Waals surface area contributed by atoms with E-state index >= 15 is 0 Å². The van der Waals surface area contributed by atoms with Gasteiger partial charge in [-0.15, -0.1) is 0 Å². The molecule has 0 saturated carbocycles. The minimum atomic E-state index is 0.367. The maximum atomic E-state index is 5.56. The van der Waals surface area contributed by atoms with Crippen molar-refractivity contribution in [2.24, 2.45) is 5.41 Å². The molecule has 0 aromatic rings. The highest BCUT2D eigenvalue weighted by molar-refractivity contribution is 4.88. The molecule has 4 heteroatoms. The van der Waals surface area contributed by atoms with Gasteiger partial charge < -0.3 is 14.8 Å². The Morgan fingerprint density at radius 1 is 1.32 bits per heavy atom. The molecule has 1 rings (SSSR count). The van der Waals surface area contributed by atoms with Gasteiger partial charge in [-0.25, -0.2) is 0 Å². The molecule has 1 N–H and O–H groups in total. The summed E-state index contributed by atoms with van der Waals surface area (Å²) < 4.78 is 10.8. The van der Waals surface area contributed by atoms with Crippen LogP contribution >= 0.6 is 0 Å². The quantitative estimate of drug-likeness (QED) is 0.693. The van der Waals surface area contributed by atoms with Crippen molar-refractivity contribution in [3.8, 4) is 0 Å². The van der Waals surface area contributed by atoms with Crippen LogP contribution in [0.25, 0.3) is 0 Å². The highest BCUT2D eigenvalue weighted by Gasteiger charge is 2.34. The van der Waals surface area contributed by atoms with Crippen LogP contribution in [-0.2, 0) is 9.47 Å². The van der Waals surface area contributed by atoms with Crippen LogP contribution in [0.5, 0.6) is 0 Å². The highest BCUT2D eigenvalue weighted by Crippen LogP contribution is 2.31. The monoisotopic (exact) mass is 272 g/mol. The predicted octanol–water partition coefficient (Wildman–Crippen LogP) is 1.75. The summed E-state index contributed by atoms with van der Waals surface area (Å²) in [5.41, 5.74) is 0.367. The van der Waals surface area contributed by atoms with E-state index < -0.39 is 0 Å². The number of hydrogen-bond donors (Lipinski definition) is 1. The van der Waals surface area contributed by atoms with Gasteiger partial charge in [0.1, 0.15) is 0 Å². The fraction of sp³-hybridized carbons (Fsp3) is 1.00. The van der Waals surface area contributed by atoms with Crippen molar-refractivity contribution in [1.29, 1.82) is 0 Å². The smallest absolute Gasteiger partial charge is 0.0589 e. The van der Waals surface area contributed by atoms with Crippen LogP contribution in [0.2, 0.25) is 0 Å². The Hall–Kier alpha value is -0.160. The number of nitrogens with zero attached hydrogens (tertiary/aromatic N) is 1. The molecular weight excluding hydrogens is 240 g/mol. The zero-order valence-corrected chi connectivity index (χ0v) is 13.2. The lowest BCUT2D eigenvalue weighted by Crippen LogP contribution is -2.49. The lowest BCUT2D eigenvalue weighted by Gasteiger charge is -2.42. The van der Waals surface area contributed by atoms with Crippen molar-refractivity contribution in [1.82, 2.24) is 10.2 Å². The molecule has 0 aromatic heterocycles. The van der Waals surface area contributed by atoms with Gasteiger partial charge in [0.15, 0.2) is 0 Å². The Bertz CT molecular complexity index is 228. The average molecular weight is 272 g/mol. The largest absolute Gasteiger partial charge is 0.383 e. The van der Waals surface area contributed by atoms with Gasteiger partial charge in [-0.05, 0) is 38.6 Å². The van der Waals surface area contributed by atoms with E-state index in [-0.39, 0.29) is 0 Å². The van der Waals surface area contributed by atoms with E-state index in [9.17, 15) is 0 Å². The molecule has 0 radical (unpaired) electrons. The van der Waals surface area contributed by atoms with Crippen LogP contribution in [0, 0.1) is 5.41 Å². The van der Waals surface area contributed by atoms with E-state index in [1.807, 2.05) is 0 Å². The molecule has 1 aliphatic heterocycles. The van der Waals surface area contributed by atoms with E-state index in [1.165, 1.54) is 0 Å². The van der Waals surface area contributed by atoms with Crippen molar-refractivity contribution in [3.63, 3.8) is 0 Å². The highest BCUT2D eigenvalue weighted by atomic mass is 16.5. The predicted molar refractivity (Wildman–Crippen MR) is 79.6 cm³/mol. The van der Waals surface area contributed by atoms with Crippen molar-refractivity contribution in [2.75, 3.05) is 53.1 Å². The van der Waals surface area contributed by atoms with Gasteiger partial charge in [-0.3, -0.25) is 4.90 Å². The van der Waals surface area contributed by atoms with Crippen LogP contribution < -0.4 is 5.32 Å². The summed E-state index contributed by atoms with van der Waals surface area (Å²) >= 11 is 0. The second-order valence-corrected chi connectivity index (χ2v) is 5.95. The summed E-state index contributed by atoms with van der Waals surface area (Å²) in [7, 11) is 1.78. The Balaban J connectivity index is 2.61. The SMILES string of the molecule is CCNCC1(CN(CCOC)C(C)C)CCOCC1. The maximum Gasteiger partial charge on any atom is 0.0589 e. The van der Waals surface area contributed by atoms with Gasteiger partial charge in [0.25, 0.3) is 0 Å². The van der Waals surface area contributed by atoms with Gasteiger partial charge in [0.05, 0.1) is 6.61 Å². The van der Waals surface area contributed by atoms with Crippen LogP contribution in [-0.4, -0.2) is 64.1 Å². The number of hydrogen-bond acceptors (Lipinski definition) is 4. The van der Waals surface area contributed by atoms with Crippen molar-refractivity contribution < 1.29 is 9.47 Å². The first-order valence-corrected chi connectivity index (χ1v) is 7.65. The first-order chi connectivity index (χ1) is 9.13. The fourth-order valence-corrected chi connectivity index (χ4v) is 2.74. The first-order valence-electron chi connectivity index (χ1n) is 7.65. The zero-order valence-electron chi connectivity index (χ0n) is 13.2. The molecule has 1 heterocycles. The number of rotatable bonds is 9. The molecule has 4 nitrogen and oxygen atoms in total. The molecule has 0 bridgehead atoms. The second kappa shape index (κ2) is 8.90. The lowest BCUT2D eigenvalue weighted by atomic mass is 9.79. The minimum Gasteiger partial charge on any atom is -0.383 e. The zero-order chi connectivity index (χ0) is 14.1. The molecule has 1 fully saturated rings. The number of methoxy groups -OCH3 is 1. The Morgan fingerprint density at radius 3 is 2.53 bits per heavy atom.